The molecule has 0 bridgehead atoms. The first-order valence-electron chi connectivity index (χ1n) is 9.16. The number of nitro benzene ring substituents is 1. The van der Waals surface area contributed by atoms with E-state index < -0.39 is 14.9 Å². The van der Waals surface area contributed by atoms with Gasteiger partial charge >= 0.3 is 0 Å². The van der Waals surface area contributed by atoms with Crippen molar-refractivity contribution >= 4 is 27.6 Å². The molecule has 11 heteroatoms. The van der Waals surface area contributed by atoms with Crippen LogP contribution < -0.4 is 14.9 Å². The van der Waals surface area contributed by atoms with Gasteiger partial charge < -0.3 is 9.47 Å². The molecule has 0 aromatic heterocycles. The number of ether oxygens (including phenoxy) is 2. The molecule has 1 heterocycles. The number of benzene rings is 2. The van der Waals surface area contributed by atoms with Crippen molar-refractivity contribution < 1.29 is 22.8 Å². The average Bonchev–Trinajstić information content (AvgIpc) is 3.29. The second-order valence-electron chi connectivity index (χ2n) is 6.53. The Morgan fingerprint density at radius 3 is 2.50 bits per heavy atom. The summed E-state index contributed by atoms with van der Waals surface area (Å²) >= 11 is 0. The van der Waals surface area contributed by atoms with Gasteiger partial charge in [0.1, 0.15) is 17.2 Å². The van der Waals surface area contributed by atoms with Gasteiger partial charge in [0.15, 0.2) is 0 Å². The molecule has 0 spiro atoms. The number of nitrogens with zero attached hydrogens (tertiary/aromatic N) is 3. The summed E-state index contributed by atoms with van der Waals surface area (Å²) in [6.07, 6.45) is 3.01. The minimum Gasteiger partial charge on any atom is -0.497 e. The molecule has 3 rings (SSSR count). The number of sulfonamides is 1. The quantitative estimate of drug-likeness (QED) is 0.385. The summed E-state index contributed by atoms with van der Waals surface area (Å²) in [4.78, 5) is 10.7. The lowest BCUT2D eigenvalue weighted by Gasteiger charge is -2.15. The Labute approximate surface area is 174 Å². The normalized spacial score (nSPS) is 14.7. The molecule has 10 nitrogen and oxygen atoms in total. The maximum atomic E-state index is 12.7. The second kappa shape index (κ2) is 9.09. The fraction of sp³-hybridized carbons (Fsp3) is 0.316. The van der Waals surface area contributed by atoms with Crippen LogP contribution in [0.3, 0.4) is 0 Å². The number of hydrazone groups is 1. The van der Waals surface area contributed by atoms with Crippen LogP contribution in [-0.4, -0.2) is 51.2 Å². The molecule has 2 aromatic rings. The summed E-state index contributed by atoms with van der Waals surface area (Å²) in [5, 5.41) is 15.5. The van der Waals surface area contributed by atoms with Crippen LogP contribution >= 0.6 is 0 Å². The van der Waals surface area contributed by atoms with E-state index in [0.717, 1.165) is 18.9 Å². The highest BCUT2D eigenvalue weighted by Crippen LogP contribution is 2.30. The highest BCUT2D eigenvalue weighted by molar-refractivity contribution is 7.89. The Hall–Kier alpha value is -3.18. The molecule has 0 aliphatic carbocycles. The van der Waals surface area contributed by atoms with Crippen molar-refractivity contribution in [3.05, 3.63) is 52.1 Å². The molecule has 1 aliphatic rings. The highest BCUT2D eigenvalue weighted by atomic mass is 32.2. The van der Waals surface area contributed by atoms with Crippen molar-refractivity contribution in [3.63, 3.8) is 0 Å². The molecular formula is C19H22N4O6S. The molecule has 0 unspecified atom stereocenters. The first-order chi connectivity index (χ1) is 14.4. The molecule has 0 saturated carbocycles. The van der Waals surface area contributed by atoms with Gasteiger partial charge in [-0.15, -0.1) is 0 Å². The molecule has 0 radical (unpaired) electrons. The SMILES string of the molecule is COc1ccc(C=NNc2ccc(S(=O)(=O)N3CCCC3)cc2[N+](=O)[O-])c(OC)c1. The molecule has 1 N–H and O–H groups in total. The smallest absolute Gasteiger partial charge is 0.295 e. The van der Waals surface area contributed by atoms with Gasteiger partial charge in [0.25, 0.3) is 5.69 Å². The minimum absolute atomic E-state index is 0.0732. The van der Waals surface area contributed by atoms with Crippen molar-refractivity contribution in [1.82, 2.24) is 4.31 Å². The van der Waals surface area contributed by atoms with Crippen LogP contribution in [0.5, 0.6) is 11.5 Å². The summed E-state index contributed by atoms with van der Waals surface area (Å²) in [6.45, 7) is 0.842. The van der Waals surface area contributed by atoms with Gasteiger partial charge in [-0.25, -0.2) is 8.42 Å². The largest absolute Gasteiger partial charge is 0.497 e. The van der Waals surface area contributed by atoms with Gasteiger partial charge in [-0.1, -0.05) is 0 Å². The van der Waals surface area contributed by atoms with Crippen molar-refractivity contribution in [2.24, 2.45) is 5.10 Å². The molecule has 1 aliphatic heterocycles. The Balaban J connectivity index is 1.84. The van der Waals surface area contributed by atoms with Crippen LogP contribution in [0.15, 0.2) is 46.4 Å². The van der Waals surface area contributed by atoms with Crippen LogP contribution in [0.1, 0.15) is 18.4 Å². The topological polar surface area (TPSA) is 123 Å². The molecule has 30 heavy (non-hydrogen) atoms. The lowest BCUT2D eigenvalue weighted by molar-refractivity contribution is -0.384. The highest BCUT2D eigenvalue weighted by Gasteiger charge is 2.29. The second-order valence-corrected chi connectivity index (χ2v) is 8.46. The fourth-order valence-corrected chi connectivity index (χ4v) is 4.63. The van der Waals surface area contributed by atoms with E-state index >= 15 is 0 Å². The zero-order chi connectivity index (χ0) is 21.7. The lowest BCUT2D eigenvalue weighted by Crippen LogP contribution is -2.27. The van der Waals surface area contributed by atoms with Gasteiger partial charge in [-0.3, -0.25) is 15.5 Å². The first-order valence-corrected chi connectivity index (χ1v) is 10.6. The summed E-state index contributed by atoms with van der Waals surface area (Å²) in [5.41, 5.74) is 2.92. The number of hydrogen-bond acceptors (Lipinski definition) is 8. The van der Waals surface area contributed by atoms with E-state index in [4.69, 9.17) is 9.47 Å². The maximum absolute atomic E-state index is 12.7. The number of methoxy groups -OCH3 is 2. The molecule has 2 aromatic carbocycles. The van der Waals surface area contributed by atoms with Crippen LogP contribution in [0.4, 0.5) is 11.4 Å². The predicted molar refractivity (Wildman–Crippen MR) is 112 cm³/mol. The molecule has 0 amide bonds. The van der Waals surface area contributed by atoms with E-state index in [9.17, 15) is 18.5 Å². The first kappa shape index (κ1) is 21.5. The number of nitro groups is 1. The number of anilines is 1. The van der Waals surface area contributed by atoms with E-state index in [2.05, 4.69) is 10.5 Å². The van der Waals surface area contributed by atoms with Crippen LogP contribution in [0.25, 0.3) is 0 Å². The van der Waals surface area contributed by atoms with Crippen LogP contribution in [0, 0.1) is 10.1 Å². The van der Waals surface area contributed by atoms with Gasteiger partial charge in [-0.05, 0) is 37.1 Å². The summed E-state index contributed by atoms with van der Waals surface area (Å²) in [6, 6.07) is 8.87. The lowest BCUT2D eigenvalue weighted by atomic mass is 10.2. The number of hydrogen-bond donors (Lipinski definition) is 1. The monoisotopic (exact) mass is 434 g/mol. The van der Waals surface area contributed by atoms with E-state index in [0.29, 0.717) is 30.2 Å². The van der Waals surface area contributed by atoms with Crippen molar-refractivity contribution in [3.8, 4) is 11.5 Å². The van der Waals surface area contributed by atoms with E-state index in [-0.39, 0.29) is 16.3 Å². The molecule has 1 fully saturated rings. The van der Waals surface area contributed by atoms with Crippen LogP contribution in [-0.2, 0) is 10.0 Å². The third-order valence-corrected chi connectivity index (χ3v) is 6.59. The molecular weight excluding hydrogens is 412 g/mol. The third kappa shape index (κ3) is 4.52. The third-order valence-electron chi connectivity index (χ3n) is 4.70. The maximum Gasteiger partial charge on any atom is 0.295 e. The Morgan fingerprint density at radius 2 is 1.87 bits per heavy atom. The van der Waals surface area contributed by atoms with Gasteiger partial charge in [0, 0.05) is 30.8 Å². The minimum atomic E-state index is -3.76. The average molecular weight is 434 g/mol. The number of nitrogens with one attached hydrogen (secondary N) is 1. The predicted octanol–water partition coefficient (Wildman–Crippen LogP) is 2.84. The Kier molecular flexibility index (Phi) is 6.53. The summed E-state index contributed by atoms with van der Waals surface area (Å²) in [5.74, 6) is 1.13. The zero-order valence-corrected chi connectivity index (χ0v) is 17.4. The molecule has 160 valence electrons. The van der Waals surface area contributed by atoms with Gasteiger partial charge in [0.05, 0.1) is 30.3 Å². The van der Waals surface area contributed by atoms with E-state index in [1.165, 1.54) is 36.9 Å². The summed E-state index contributed by atoms with van der Waals surface area (Å²) in [7, 11) is -0.714. The van der Waals surface area contributed by atoms with Crippen molar-refractivity contribution in [1.29, 1.82) is 0 Å². The van der Waals surface area contributed by atoms with Gasteiger partial charge in [-0.2, -0.15) is 9.41 Å². The molecule has 0 atom stereocenters. The standard InChI is InChI=1S/C19H22N4O6S/c1-28-15-6-5-14(19(11-15)29-2)13-20-21-17-8-7-16(12-18(17)23(24)25)30(26,27)22-9-3-4-10-22/h5-8,11-13,21H,3-4,9-10H2,1-2H3. The van der Waals surface area contributed by atoms with Gasteiger partial charge in [0.2, 0.25) is 10.0 Å². The Morgan fingerprint density at radius 1 is 1.13 bits per heavy atom. The van der Waals surface area contributed by atoms with Crippen LogP contribution in [0.2, 0.25) is 0 Å². The number of rotatable bonds is 8. The van der Waals surface area contributed by atoms with E-state index in [1.54, 1.807) is 18.2 Å². The Bertz CT molecular complexity index is 1060. The van der Waals surface area contributed by atoms with E-state index in [1.807, 2.05) is 0 Å². The van der Waals surface area contributed by atoms with Crippen molar-refractivity contribution in [2.45, 2.75) is 17.7 Å². The zero-order valence-electron chi connectivity index (χ0n) is 16.6. The van der Waals surface area contributed by atoms with Crippen molar-refractivity contribution in [2.75, 3.05) is 32.7 Å². The fourth-order valence-electron chi connectivity index (χ4n) is 3.09. The molecule has 1 saturated heterocycles. The summed E-state index contributed by atoms with van der Waals surface area (Å²) < 4.78 is 37.1.